The van der Waals surface area contributed by atoms with Gasteiger partial charge in [-0.1, -0.05) is 37.0 Å². The van der Waals surface area contributed by atoms with Crippen molar-refractivity contribution < 1.29 is 0 Å². The fraction of sp³-hybridized carbons (Fsp3) is 0.120. The topological polar surface area (TPSA) is 66.3 Å². The molecule has 0 atom stereocenters. The van der Waals surface area contributed by atoms with Gasteiger partial charge < -0.3 is 4.57 Å². The monoisotopic (exact) mass is 449 g/mol. The van der Waals surface area contributed by atoms with Gasteiger partial charge in [0.1, 0.15) is 24.3 Å². The van der Waals surface area contributed by atoms with Gasteiger partial charge in [0.05, 0.1) is 30.3 Å². The van der Waals surface area contributed by atoms with Crippen LogP contribution in [0.5, 0.6) is 0 Å². The molecule has 0 unspecified atom stereocenters. The molecule has 0 aliphatic rings. The molecular weight excluding hydrogens is 426 g/mol. The quantitative estimate of drug-likeness (QED) is 0.372. The maximum Gasteiger partial charge on any atom is 0.142 e. The highest BCUT2D eigenvalue weighted by Crippen LogP contribution is 2.31. The second-order valence-electron chi connectivity index (χ2n) is 9.17. The summed E-state index contributed by atoms with van der Waals surface area (Å²) in [5.74, 6) is 1.57. The first-order valence-electron chi connectivity index (χ1n) is 10.9. The Kier molecular flexibility index (Phi) is 4.31. The van der Waals surface area contributed by atoms with E-state index >= 15 is 0 Å². The Balaban J connectivity index is 1.68. The van der Waals surface area contributed by atoms with Crippen LogP contribution in [0.2, 0.25) is 19.6 Å². The molecule has 0 saturated carbocycles. The molecule has 0 aliphatic heterocycles. The van der Waals surface area contributed by atoms with Crippen molar-refractivity contribution in [1.29, 1.82) is 0 Å². The van der Waals surface area contributed by atoms with E-state index in [4.69, 9.17) is 9.97 Å². The molecule has 6 rings (SSSR count). The molecule has 6 aromatic rings. The van der Waals surface area contributed by atoms with Crippen molar-refractivity contribution in [2.75, 3.05) is 0 Å². The average molecular weight is 450 g/mol. The smallest absolute Gasteiger partial charge is 0.142 e. The number of nitrogens with zero attached hydrogens (tertiary/aromatic N) is 7. The number of rotatable bonds is 4. The van der Waals surface area contributed by atoms with Crippen LogP contribution in [-0.4, -0.2) is 41.7 Å². The summed E-state index contributed by atoms with van der Waals surface area (Å²) in [5.41, 5.74) is 4.22. The van der Waals surface area contributed by atoms with Crippen LogP contribution in [0.1, 0.15) is 0 Å². The SMILES string of the molecule is C[Si](C)(C)c1ccc2c(c1)c1ncccc1n2-c1cc(-n2ccnc2)nc(-n2ccnc2)c1. The Labute approximate surface area is 192 Å². The predicted octanol–water partition coefficient (Wildman–Crippen LogP) is 4.49. The van der Waals surface area contributed by atoms with E-state index < -0.39 is 8.07 Å². The molecule has 0 saturated heterocycles. The van der Waals surface area contributed by atoms with Gasteiger partial charge in [0.2, 0.25) is 0 Å². The van der Waals surface area contributed by atoms with E-state index in [-0.39, 0.29) is 0 Å². The Morgan fingerprint density at radius 1 is 0.758 bits per heavy atom. The van der Waals surface area contributed by atoms with Crippen LogP contribution < -0.4 is 5.19 Å². The fourth-order valence-electron chi connectivity index (χ4n) is 4.25. The predicted molar refractivity (Wildman–Crippen MR) is 134 cm³/mol. The first kappa shape index (κ1) is 19.6. The van der Waals surface area contributed by atoms with E-state index in [1.165, 1.54) is 10.6 Å². The van der Waals surface area contributed by atoms with E-state index in [2.05, 4.69) is 70.6 Å². The van der Waals surface area contributed by atoms with E-state index in [1.807, 2.05) is 33.8 Å². The third-order valence-corrected chi connectivity index (χ3v) is 8.01. The molecule has 0 bridgehead atoms. The molecule has 5 aromatic heterocycles. The number of hydrogen-bond acceptors (Lipinski definition) is 4. The first-order valence-corrected chi connectivity index (χ1v) is 14.4. The highest BCUT2D eigenvalue weighted by molar-refractivity contribution is 6.88. The van der Waals surface area contributed by atoms with E-state index in [0.717, 1.165) is 33.9 Å². The molecule has 0 radical (unpaired) electrons. The van der Waals surface area contributed by atoms with Crippen LogP contribution in [0.4, 0.5) is 0 Å². The molecule has 5 heterocycles. The zero-order valence-electron chi connectivity index (χ0n) is 18.7. The molecule has 0 fully saturated rings. The Morgan fingerprint density at radius 3 is 2.06 bits per heavy atom. The zero-order valence-corrected chi connectivity index (χ0v) is 19.7. The summed E-state index contributed by atoms with van der Waals surface area (Å²) in [6.07, 6.45) is 12.7. The standard InChI is InChI=1S/C25H23N7Si/c1-33(2,3)19-6-7-21-20(15-19)25-22(5-4-8-28-25)32(21)18-13-23(30-11-9-26-16-30)29-24(14-18)31-12-10-27-17-31/h4-17H,1-3H3. The second kappa shape index (κ2) is 7.24. The highest BCUT2D eigenvalue weighted by Gasteiger charge is 2.20. The largest absolute Gasteiger partial charge is 0.307 e. The van der Waals surface area contributed by atoms with Crippen molar-refractivity contribution in [3.63, 3.8) is 0 Å². The maximum atomic E-state index is 4.86. The number of pyridine rings is 2. The minimum Gasteiger partial charge on any atom is -0.307 e. The number of fused-ring (bicyclic) bond motifs is 3. The van der Waals surface area contributed by atoms with Crippen LogP contribution in [-0.2, 0) is 0 Å². The molecule has 0 spiro atoms. The molecule has 0 aliphatic carbocycles. The van der Waals surface area contributed by atoms with Crippen molar-refractivity contribution in [1.82, 2.24) is 33.6 Å². The van der Waals surface area contributed by atoms with E-state index in [9.17, 15) is 0 Å². The van der Waals surface area contributed by atoms with Crippen molar-refractivity contribution in [3.8, 4) is 17.3 Å². The summed E-state index contributed by atoms with van der Waals surface area (Å²) < 4.78 is 6.10. The van der Waals surface area contributed by atoms with Gasteiger partial charge in [-0.15, -0.1) is 0 Å². The van der Waals surface area contributed by atoms with Gasteiger partial charge in [-0.05, 0) is 18.2 Å². The third kappa shape index (κ3) is 3.26. The number of imidazole rings is 2. The molecule has 162 valence electrons. The lowest BCUT2D eigenvalue weighted by Gasteiger charge is -2.17. The molecule has 8 heteroatoms. The lowest BCUT2D eigenvalue weighted by Crippen LogP contribution is -2.37. The first-order chi connectivity index (χ1) is 16.0. The number of hydrogen-bond donors (Lipinski definition) is 0. The van der Waals surface area contributed by atoms with Crippen LogP contribution in [0.25, 0.3) is 39.3 Å². The third-order valence-electron chi connectivity index (χ3n) is 5.97. The van der Waals surface area contributed by atoms with Crippen LogP contribution >= 0.6 is 0 Å². The summed E-state index contributed by atoms with van der Waals surface area (Å²) in [5, 5.41) is 2.60. The lowest BCUT2D eigenvalue weighted by atomic mass is 10.2. The summed E-state index contributed by atoms with van der Waals surface area (Å²) in [6, 6.07) is 15.1. The molecule has 0 N–H and O–H groups in total. The van der Waals surface area contributed by atoms with Gasteiger partial charge in [-0.2, -0.15) is 0 Å². The minimum absolute atomic E-state index is 0.784. The Morgan fingerprint density at radius 2 is 1.45 bits per heavy atom. The molecule has 0 amide bonds. The van der Waals surface area contributed by atoms with Crippen LogP contribution in [0.15, 0.2) is 86.1 Å². The fourth-order valence-corrected chi connectivity index (χ4v) is 5.41. The van der Waals surface area contributed by atoms with Gasteiger partial charge in [0, 0.05) is 48.5 Å². The summed E-state index contributed by atoms with van der Waals surface area (Å²) in [7, 11) is -1.47. The second-order valence-corrected chi connectivity index (χ2v) is 14.2. The van der Waals surface area contributed by atoms with Gasteiger partial charge >= 0.3 is 0 Å². The molecule has 33 heavy (non-hydrogen) atoms. The van der Waals surface area contributed by atoms with Gasteiger partial charge in [-0.3, -0.25) is 14.1 Å². The maximum absolute atomic E-state index is 4.86. The van der Waals surface area contributed by atoms with Crippen molar-refractivity contribution in [2.24, 2.45) is 0 Å². The summed E-state index contributed by atoms with van der Waals surface area (Å²) in [4.78, 5) is 18.0. The lowest BCUT2D eigenvalue weighted by molar-refractivity contribution is 0.926. The molecule has 7 nitrogen and oxygen atoms in total. The van der Waals surface area contributed by atoms with Crippen LogP contribution in [0.3, 0.4) is 0 Å². The number of benzene rings is 1. The van der Waals surface area contributed by atoms with Gasteiger partial charge in [-0.25, -0.2) is 15.0 Å². The van der Waals surface area contributed by atoms with Crippen molar-refractivity contribution >= 4 is 35.2 Å². The normalized spacial score (nSPS) is 12.1. The number of aromatic nitrogens is 7. The Bertz CT molecular complexity index is 1540. The van der Waals surface area contributed by atoms with Crippen LogP contribution in [0, 0.1) is 0 Å². The van der Waals surface area contributed by atoms with E-state index in [0.29, 0.717) is 0 Å². The minimum atomic E-state index is -1.47. The summed E-state index contributed by atoms with van der Waals surface area (Å²) >= 11 is 0. The van der Waals surface area contributed by atoms with E-state index in [1.54, 1.807) is 25.0 Å². The summed E-state index contributed by atoms with van der Waals surface area (Å²) in [6.45, 7) is 7.12. The zero-order chi connectivity index (χ0) is 22.6. The van der Waals surface area contributed by atoms with Crippen molar-refractivity contribution in [3.05, 3.63) is 86.1 Å². The highest BCUT2D eigenvalue weighted by atomic mass is 28.3. The van der Waals surface area contributed by atoms with Crippen molar-refractivity contribution in [2.45, 2.75) is 19.6 Å². The Hall–Kier alpha value is -4.04. The molecular formula is C25H23N7Si. The van der Waals surface area contributed by atoms with Gasteiger partial charge in [0.25, 0.3) is 0 Å². The molecule has 1 aromatic carbocycles. The average Bonchev–Trinajstić information content (AvgIpc) is 3.58. The van der Waals surface area contributed by atoms with Gasteiger partial charge in [0.15, 0.2) is 0 Å².